The SMILES string of the molecule is COC[C@H](C)n1cc(-c2ncc(C(=O)NC3(C(=O)O)CC4CC(C)CC3C4)c(C(F)(F)F)n2)c2ccc(O[C@H]3CC[C@H](N4CC(F)(F)C4)CC3)cc21. The number of carboxylic acid groups (broad SMARTS) is 1. The Labute approximate surface area is 298 Å². The topological polar surface area (TPSA) is 119 Å². The molecule has 3 heterocycles. The minimum atomic E-state index is -5.04. The molecule has 5 atom stereocenters. The van der Waals surface area contributed by atoms with Gasteiger partial charge in [-0.1, -0.05) is 6.92 Å². The van der Waals surface area contributed by atoms with Crippen molar-refractivity contribution in [1.82, 2.24) is 24.8 Å². The van der Waals surface area contributed by atoms with Gasteiger partial charge >= 0.3 is 12.1 Å². The normalized spacial score (nSPS) is 29.4. The molecule has 2 N–H and O–H groups in total. The summed E-state index contributed by atoms with van der Waals surface area (Å²) in [5.41, 5.74) is -3.00. The van der Waals surface area contributed by atoms with Crippen molar-refractivity contribution in [1.29, 1.82) is 0 Å². The van der Waals surface area contributed by atoms with Crippen LogP contribution < -0.4 is 10.1 Å². The molecule has 10 nitrogen and oxygen atoms in total. The number of carbonyl (C=O) groups excluding carboxylic acids is 1. The summed E-state index contributed by atoms with van der Waals surface area (Å²) in [6, 6.07) is 5.14. The Hall–Kier alpha value is -3.85. The number of hydrogen-bond donors (Lipinski definition) is 2. The summed E-state index contributed by atoms with van der Waals surface area (Å²) in [5, 5.41) is 13.3. The lowest BCUT2D eigenvalue weighted by Gasteiger charge is -2.46. The van der Waals surface area contributed by atoms with Gasteiger partial charge in [-0.15, -0.1) is 0 Å². The second kappa shape index (κ2) is 13.5. The van der Waals surface area contributed by atoms with Crippen molar-refractivity contribution < 1.29 is 46.1 Å². The maximum atomic E-state index is 14.6. The summed E-state index contributed by atoms with van der Waals surface area (Å²) >= 11 is 0. The second-order valence-electron chi connectivity index (χ2n) is 15.5. The second-order valence-corrected chi connectivity index (χ2v) is 15.5. The maximum absolute atomic E-state index is 14.6. The van der Waals surface area contributed by atoms with Crippen molar-refractivity contribution in [3.05, 3.63) is 41.9 Å². The summed E-state index contributed by atoms with van der Waals surface area (Å²) in [5.74, 6) is -4.78. The fraction of sp³-hybridized carbons (Fsp3) is 0.622. The molecular formula is C37H44F5N5O5. The van der Waals surface area contributed by atoms with Crippen LogP contribution in [0.2, 0.25) is 0 Å². The number of methoxy groups -OCH3 is 1. The number of amides is 1. The Kier molecular flexibility index (Phi) is 9.50. The van der Waals surface area contributed by atoms with Crippen LogP contribution in [0.1, 0.15) is 87.3 Å². The molecule has 3 aliphatic carbocycles. The molecule has 0 radical (unpaired) electrons. The van der Waals surface area contributed by atoms with Crippen molar-refractivity contribution in [2.45, 2.75) is 101 Å². The van der Waals surface area contributed by atoms with Crippen LogP contribution in [0, 0.1) is 17.8 Å². The van der Waals surface area contributed by atoms with E-state index >= 15 is 0 Å². The van der Waals surface area contributed by atoms with E-state index in [9.17, 15) is 36.6 Å². The van der Waals surface area contributed by atoms with Gasteiger partial charge in [-0.3, -0.25) is 9.69 Å². The zero-order valence-electron chi connectivity index (χ0n) is 29.4. The van der Waals surface area contributed by atoms with Crippen LogP contribution in [0.5, 0.6) is 5.75 Å². The molecule has 282 valence electrons. The first kappa shape index (κ1) is 36.5. The van der Waals surface area contributed by atoms with Gasteiger partial charge in [0.15, 0.2) is 11.5 Å². The number of hydrogen-bond acceptors (Lipinski definition) is 7. The van der Waals surface area contributed by atoms with E-state index in [2.05, 4.69) is 15.3 Å². The van der Waals surface area contributed by atoms with Crippen LogP contribution in [0.25, 0.3) is 22.3 Å². The van der Waals surface area contributed by atoms with Crippen molar-refractivity contribution in [2.75, 3.05) is 26.8 Å². The molecule has 3 aromatic rings. The Bertz CT molecular complexity index is 1830. The number of nitrogens with zero attached hydrogens (tertiary/aromatic N) is 4. The van der Waals surface area contributed by atoms with Crippen LogP contribution in [0.15, 0.2) is 30.6 Å². The number of alkyl halides is 5. The third-order valence-electron chi connectivity index (χ3n) is 11.6. The van der Waals surface area contributed by atoms with E-state index in [0.717, 1.165) is 25.5 Å². The maximum Gasteiger partial charge on any atom is 0.434 e. The first-order valence-electron chi connectivity index (χ1n) is 18.0. The monoisotopic (exact) mass is 733 g/mol. The lowest BCUT2D eigenvalue weighted by molar-refractivity contribution is -0.151. The molecule has 15 heteroatoms. The molecule has 4 unspecified atom stereocenters. The van der Waals surface area contributed by atoms with E-state index in [4.69, 9.17) is 9.47 Å². The van der Waals surface area contributed by atoms with Gasteiger partial charge in [-0.2, -0.15) is 13.2 Å². The van der Waals surface area contributed by atoms with Crippen LogP contribution in [-0.2, 0) is 15.7 Å². The zero-order chi connectivity index (χ0) is 37.2. The average Bonchev–Trinajstić information content (AvgIpc) is 3.57. The zero-order valence-corrected chi connectivity index (χ0v) is 29.4. The molecule has 4 aliphatic rings. The third kappa shape index (κ3) is 6.85. The van der Waals surface area contributed by atoms with Gasteiger partial charge in [-0.25, -0.2) is 23.5 Å². The van der Waals surface area contributed by atoms with E-state index in [1.54, 1.807) is 25.4 Å². The lowest BCUT2D eigenvalue weighted by Crippen LogP contribution is -2.60. The lowest BCUT2D eigenvalue weighted by atomic mass is 9.78. The first-order valence-corrected chi connectivity index (χ1v) is 18.0. The van der Waals surface area contributed by atoms with Gasteiger partial charge in [-0.05, 0) is 88.2 Å². The summed E-state index contributed by atoms with van der Waals surface area (Å²) in [7, 11) is 1.55. The fourth-order valence-electron chi connectivity index (χ4n) is 9.26. The number of fused-ring (bicyclic) bond motifs is 3. The molecule has 2 bridgehead atoms. The summed E-state index contributed by atoms with van der Waals surface area (Å²) in [4.78, 5) is 36.1. The number of rotatable bonds is 10. The molecule has 0 spiro atoms. The number of carbonyl (C=O) groups is 2. The Balaban J connectivity index is 1.16. The molecule has 1 saturated heterocycles. The molecule has 52 heavy (non-hydrogen) atoms. The Morgan fingerprint density at radius 1 is 1.12 bits per heavy atom. The minimum Gasteiger partial charge on any atom is -0.490 e. The first-order chi connectivity index (χ1) is 24.6. The molecule has 2 aromatic heterocycles. The number of nitrogens with one attached hydrogen (secondary N) is 1. The van der Waals surface area contributed by atoms with E-state index in [1.165, 1.54) is 0 Å². The number of carboxylic acids is 1. The highest BCUT2D eigenvalue weighted by Crippen LogP contribution is 2.51. The molecule has 7 rings (SSSR count). The van der Waals surface area contributed by atoms with Gasteiger partial charge in [0.25, 0.3) is 11.8 Å². The van der Waals surface area contributed by atoms with Crippen molar-refractivity contribution in [2.24, 2.45) is 17.8 Å². The highest BCUT2D eigenvalue weighted by Gasteiger charge is 2.56. The largest absolute Gasteiger partial charge is 0.490 e. The summed E-state index contributed by atoms with van der Waals surface area (Å²) < 4.78 is 84.2. The number of aromatic nitrogens is 3. The smallest absolute Gasteiger partial charge is 0.434 e. The van der Waals surface area contributed by atoms with Crippen LogP contribution >= 0.6 is 0 Å². The number of benzene rings is 1. The van der Waals surface area contributed by atoms with E-state index in [-0.39, 0.29) is 61.3 Å². The highest BCUT2D eigenvalue weighted by molar-refractivity contribution is 6.00. The third-order valence-corrected chi connectivity index (χ3v) is 11.6. The molecular weight excluding hydrogens is 689 g/mol. The van der Waals surface area contributed by atoms with Crippen molar-refractivity contribution >= 4 is 22.8 Å². The fourth-order valence-corrected chi connectivity index (χ4v) is 9.26. The van der Waals surface area contributed by atoms with Gasteiger partial charge in [0, 0.05) is 42.6 Å². The Morgan fingerprint density at radius 2 is 1.85 bits per heavy atom. The van der Waals surface area contributed by atoms with Crippen molar-refractivity contribution in [3.8, 4) is 17.1 Å². The number of aliphatic carboxylic acids is 1. The van der Waals surface area contributed by atoms with Gasteiger partial charge in [0.05, 0.1) is 42.9 Å². The highest BCUT2D eigenvalue weighted by atomic mass is 19.4. The standard InChI is InChI=1S/C37H44F5N5O5/c1-20-10-22-12-23(11-20)36(14-22,34(49)50)45-33(48)28-15-43-32(44-31(28)37(40,41)42)29-16-47(21(2)17-51-3)30-13-26(8-9-27(29)30)52-25-6-4-24(5-7-25)46-18-35(38,39)19-46/h8-9,13,15-16,20-25H,4-7,10-12,14,17-19H2,1-3H3,(H,45,48)(H,49,50)/t20?,21-,22?,23?,24-,25-,36?/m0/s1. The molecule has 1 amide bonds. The Morgan fingerprint density at radius 3 is 2.50 bits per heavy atom. The van der Waals surface area contributed by atoms with E-state index < -0.39 is 40.8 Å². The van der Waals surface area contributed by atoms with Crippen molar-refractivity contribution in [3.63, 3.8) is 0 Å². The van der Waals surface area contributed by atoms with Crippen LogP contribution in [-0.4, -0.2) is 86.8 Å². The molecule has 1 aliphatic heterocycles. The quantitative estimate of drug-likeness (QED) is 0.215. The number of halogens is 5. The average molecular weight is 734 g/mol. The van der Waals surface area contributed by atoms with E-state index in [1.807, 2.05) is 29.4 Å². The number of likely N-dealkylation sites (tertiary alicyclic amines) is 1. The molecule has 3 saturated carbocycles. The minimum absolute atomic E-state index is 0.0677. The molecule has 4 fully saturated rings. The van der Waals surface area contributed by atoms with E-state index in [0.29, 0.717) is 54.5 Å². The predicted octanol–water partition coefficient (Wildman–Crippen LogP) is 6.97. The van der Waals surface area contributed by atoms with Crippen LogP contribution in [0.4, 0.5) is 22.0 Å². The molecule has 1 aromatic carbocycles. The van der Waals surface area contributed by atoms with Gasteiger partial charge in [0.2, 0.25) is 0 Å². The summed E-state index contributed by atoms with van der Waals surface area (Å²) in [6.07, 6.45) is 2.37. The van der Waals surface area contributed by atoms with Gasteiger partial charge < -0.3 is 24.5 Å². The van der Waals surface area contributed by atoms with Gasteiger partial charge in [0.1, 0.15) is 11.3 Å². The van der Waals surface area contributed by atoms with Crippen LogP contribution in [0.3, 0.4) is 0 Å². The summed E-state index contributed by atoms with van der Waals surface area (Å²) in [6.45, 7) is 3.81. The number of ether oxygens (including phenoxy) is 2. The predicted molar refractivity (Wildman–Crippen MR) is 180 cm³/mol.